The molecule has 0 bridgehead atoms. The van der Waals surface area contributed by atoms with Crippen molar-refractivity contribution in [3.05, 3.63) is 23.8 Å². The molecule has 0 aromatic heterocycles. The summed E-state index contributed by atoms with van der Waals surface area (Å²) in [6.45, 7) is 0.210. The molecule has 0 aliphatic carbocycles. The number of rotatable bonds is 2. The van der Waals surface area contributed by atoms with Gasteiger partial charge in [0.2, 0.25) is 6.79 Å². The average Bonchev–Trinajstić information content (AvgIpc) is 3.05. The molecule has 0 radical (unpaired) electrons. The summed E-state index contributed by atoms with van der Waals surface area (Å²) in [6.07, 6.45) is 0.795. The fraction of sp³-hybridized carbons (Fsp3) is 0.333. The topological polar surface area (TPSA) is 66.4 Å². The quantitative estimate of drug-likeness (QED) is 0.733. The van der Waals surface area contributed by atoms with Crippen LogP contribution in [-0.2, 0) is 14.3 Å². The first-order valence-electron chi connectivity index (χ1n) is 5.44. The van der Waals surface area contributed by atoms with E-state index in [1.54, 1.807) is 12.1 Å². The fourth-order valence-corrected chi connectivity index (χ4v) is 1.98. The normalized spacial score (nSPS) is 23.8. The molecule has 2 atom stereocenters. The summed E-state index contributed by atoms with van der Waals surface area (Å²) < 4.78 is 20.5. The molecule has 0 N–H and O–H groups in total. The number of hydrogen-bond acceptors (Lipinski definition) is 6. The molecule has 1 aromatic carbocycles. The zero-order valence-corrected chi connectivity index (χ0v) is 9.66. The monoisotopic (exact) mass is 249 g/mol. The Morgan fingerprint density at radius 1 is 1.39 bits per heavy atom. The number of nitrogens with zero attached hydrogens (tertiary/aromatic N) is 1. The lowest BCUT2D eigenvalue weighted by Gasteiger charge is -2.15. The minimum Gasteiger partial charge on any atom is -0.473 e. The van der Waals surface area contributed by atoms with Gasteiger partial charge in [-0.3, -0.25) is 0 Å². The largest absolute Gasteiger partial charge is 0.473 e. The lowest BCUT2D eigenvalue weighted by molar-refractivity contribution is -0.143. The molecule has 6 nitrogen and oxygen atoms in total. The van der Waals surface area contributed by atoms with Gasteiger partial charge in [0.25, 0.3) is 0 Å². The summed E-state index contributed by atoms with van der Waals surface area (Å²) in [5.74, 6) is 0.908. The molecular weight excluding hydrogens is 238 g/mol. The first-order valence-corrected chi connectivity index (χ1v) is 5.44. The Hall–Kier alpha value is -2.24. The molecule has 0 fully saturated rings. The predicted molar refractivity (Wildman–Crippen MR) is 60.7 cm³/mol. The van der Waals surface area contributed by atoms with Gasteiger partial charge in [-0.25, -0.2) is 9.79 Å². The second-order valence-corrected chi connectivity index (χ2v) is 3.89. The number of esters is 1. The van der Waals surface area contributed by atoms with Gasteiger partial charge in [-0.05, 0) is 17.7 Å². The van der Waals surface area contributed by atoms with Crippen molar-refractivity contribution >= 4 is 12.4 Å². The third kappa shape index (κ3) is 1.66. The van der Waals surface area contributed by atoms with Crippen LogP contribution in [0.4, 0.5) is 0 Å². The van der Waals surface area contributed by atoms with Gasteiger partial charge in [-0.1, -0.05) is 6.07 Å². The maximum atomic E-state index is 11.6. The Bertz CT molecular complexity index is 513. The van der Waals surface area contributed by atoms with Crippen LogP contribution in [0.25, 0.3) is 0 Å². The molecule has 3 rings (SSSR count). The maximum Gasteiger partial charge on any atom is 0.334 e. The Kier molecular flexibility index (Phi) is 2.55. The standard InChI is InChI=1S/C12H11NO5/c1-15-12(14)10-11(16-5-13-10)7-2-3-8-9(4-7)18-6-17-8/h2-5,10-11H,6H2,1H3/t10-,11+/m0/s1. The fourth-order valence-electron chi connectivity index (χ4n) is 1.98. The molecule has 18 heavy (non-hydrogen) atoms. The summed E-state index contributed by atoms with van der Waals surface area (Å²) >= 11 is 0. The molecule has 0 saturated heterocycles. The third-order valence-corrected chi connectivity index (χ3v) is 2.88. The van der Waals surface area contributed by atoms with Crippen LogP contribution in [0, 0.1) is 0 Å². The molecular formula is C12H11NO5. The van der Waals surface area contributed by atoms with Crippen molar-refractivity contribution in [2.75, 3.05) is 13.9 Å². The Morgan fingerprint density at radius 3 is 3.06 bits per heavy atom. The Balaban J connectivity index is 1.88. The van der Waals surface area contributed by atoms with E-state index >= 15 is 0 Å². The zero-order chi connectivity index (χ0) is 12.5. The van der Waals surface area contributed by atoms with Crippen molar-refractivity contribution in [1.29, 1.82) is 0 Å². The molecule has 6 heteroatoms. The highest BCUT2D eigenvalue weighted by atomic mass is 16.7. The third-order valence-electron chi connectivity index (χ3n) is 2.88. The number of hydrogen-bond donors (Lipinski definition) is 0. The van der Waals surface area contributed by atoms with Gasteiger partial charge in [0.1, 0.15) is 0 Å². The smallest absolute Gasteiger partial charge is 0.334 e. The van der Waals surface area contributed by atoms with E-state index < -0.39 is 18.1 Å². The van der Waals surface area contributed by atoms with E-state index in [1.165, 1.54) is 13.5 Å². The lowest BCUT2D eigenvalue weighted by atomic mass is 10.0. The highest BCUT2D eigenvalue weighted by Gasteiger charge is 2.35. The van der Waals surface area contributed by atoms with Gasteiger partial charge in [0.05, 0.1) is 7.11 Å². The maximum absolute atomic E-state index is 11.6. The van der Waals surface area contributed by atoms with Crippen LogP contribution < -0.4 is 9.47 Å². The number of carbonyl (C=O) groups excluding carboxylic acids is 1. The highest BCUT2D eigenvalue weighted by molar-refractivity contribution is 5.80. The van der Waals surface area contributed by atoms with E-state index in [1.807, 2.05) is 6.07 Å². The van der Waals surface area contributed by atoms with Crippen molar-refractivity contribution < 1.29 is 23.7 Å². The molecule has 2 aliphatic heterocycles. The number of benzene rings is 1. The summed E-state index contributed by atoms with van der Waals surface area (Å²) in [6, 6.07) is 4.73. The summed E-state index contributed by atoms with van der Waals surface area (Å²) in [7, 11) is 1.33. The van der Waals surface area contributed by atoms with Gasteiger partial charge in [0.15, 0.2) is 30.0 Å². The van der Waals surface area contributed by atoms with Gasteiger partial charge in [-0.2, -0.15) is 0 Å². The molecule has 0 amide bonds. The van der Waals surface area contributed by atoms with Crippen molar-refractivity contribution in [2.45, 2.75) is 12.1 Å². The predicted octanol–water partition coefficient (Wildman–Crippen LogP) is 1.06. The average molecular weight is 249 g/mol. The zero-order valence-electron chi connectivity index (χ0n) is 9.66. The van der Waals surface area contributed by atoms with Crippen LogP contribution >= 0.6 is 0 Å². The molecule has 1 aromatic rings. The van der Waals surface area contributed by atoms with Crippen LogP contribution in [0.5, 0.6) is 11.5 Å². The van der Waals surface area contributed by atoms with Crippen LogP contribution in [0.15, 0.2) is 23.2 Å². The number of fused-ring (bicyclic) bond motifs is 1. The Labute approximate surface area is 103 Å². The summed E-state index contributed by atoms with van der Waals surface area (Å²) in [5, 5.41) is 0. The second-order valence-electron chi connectivity index (χ2n) is 3.89. The summed E-state index contributed by atoms with van der Waals surface area (Å²) in [4.78, 5) is 15.5. The highest BCUT2D eigenvalue weighted by Crippen LogP contribution is 2.37. The molecule has 0 spiro atoms. The van der Waals surface area contributed by atoms with E-state index in [2.05, 4.69) is 9.73 Å². The van der Waals surface area contributed by atoms with E-state index in [0.29, 0.717) is 11.5 Å². The van der Waals surface area contributed by atoms with Crippen molar-refractivity contribution in [3.63, 3.8) is 0 Å². The number of ether oxygens (including phenoxy) is 4. The summed E-state index contributed by atoms with van der Waals surface area (Å²) in [5.41, 5.74) is 0.798. The van der Waals surface area contributed by atoms with E-state index in [9.17, 15) is 4.79 Å². The van der Waals surface area contributed by atoms with Crippen molar-refractivity contribution in [1.82, 2.24) is 0 Å². The number of aliphatic imine (C=N–C) groups is 1. The minimum absolute atomic E-state index is 0.210. The van der Waals surface area contributed by atoms with E-state index in [-0.39, 0.29) is 6.79 Å². The lowest BCUT2D eigenvalue weighted by Crippen LogP contribution is -2.25. The minimum atomic E-state index is -0.671. The molecule has 94 valence electrons. The van der Waals surface area contributed by atoms with Crippen LogP contribution in [-0.4, -0.2) is 32.3 Å². The molecule has 2 aliphatic rings. The van der Waals surface area contributed by atoms with Crippen molar-refractivity contribution in [2.24, 2.45) is 4.99 Å². The van der Waals surface area contributed by atoms with E-state index in [0.717, 1.165) is 5.56 Å². The molecule has 0 unspecified atom stereocenters. The molecule has 0 saturated carbocycles. The first kappa shape index (κ1) is 10.9. The van der Waals surface area contributed by atoms with Gasteiger partial charge in [0, 0.05) is 0 Å². The van der Waals surface area contributed by atoms with Crippen molar-refractivity contribution in [3.8, 4) is 11.5 Å². The van der Waals surface area contributed by atoms with Crippen LogP contribution in [0.2, 0.25) is 0 Å². The SMILES string of the molecule is COC(=O)[C@H]1N=CO[C@@H]1c1ccc2c(c1)OCO2. The number of methoxy groups -OCH3 is 1. The van der Waals surface area contributed by atoms with Gasteiger partial charge in [-0.15, -0.1) is 0 Å². The second kappa shape index (κ2) is 4.21. The van der Waals surface area contributed by atoms with E-state index in [4.69, 9.17) is 14.2 Å². The first-order chi connectivity index (χ1) is 8.79. The van der Waals surface area contributed by atoms with Gasteiger partial charge >= 0.3 is 5.97 Å². The number of carbonyl (C=O) groups is 1. The van der Waals surface area contributed by atoms with Crippen LogP contribution in [0.1, 0.15) is 11.7 Å². The molecule has 2 heterocycles. The van der Waals surface area contributed by atoms with Gasteiger partial charge < -0.3 is 18.9 Å². The Morgan fingerprint density at radius 2 is 2.22 bits per heavy atom. The van der Waals surface area contributed by atoms with Crippen LogP contribution in [0.3, 0.4) is 0 Å².